The highest BCUT2D eigenvalue weighted by atomic mass is 16.2. The lowest BCUT2D eigenvalue weighted by Crippen LogP contribution is -2.45. The zero-order valence-corrected chi connectivity index (χ0v) is 17.8. The molecule has 1 amide bonds. The number of guanidine groups is 1. The molecule has 0 spiro atoms. The Labute approximate surface area is 178 Å². The Morgan fingerprint density at radius 1 is 1.17 bits per heavy atom. The highest BCUT2D eigenvalue weighted by Gasteiger charge is 2.31. The lowest BCUT2D eigenvalue weighted by Gasteiger charge is -2.26. The van der Waals surface area contributed by atoms with Gasteiger partial charge in [0.05, 0.1) is 11.9 Å². The normalized spacial score (nSPS) is 20.4. The molecule has 1 aliphatic carbocycles. The molecule has 1 saturated carbocycles. The van der Waals surface area contributed by atoms with Crippen LogP contribution in [0.1, 0.15) is 44.1 Å². The Morgan fingerprint density at radius 3 is 2.73 bits per heavy atom. The number of amides is 1. The largest absolute Gasteiger partial charge is 0.352 e. The van der Waals surface area contributed by atoms with Crippen LogP contribution in [0.2, 0.25) is 0 Å². The minimum absolute atomic E-state index is 0.246. The maximum absolute atomic E-state index is 12.8. The third kappa shape index (κ3) is 5.01. The van der Waals surface area contributed by atoms with Gasteiger partial charge in [-0.3, -0.25) is 9.79 Å². The molecule has 2 N–H and O–H groups in total. The Kier molecular flexibility index (Phi) is 6.67. The van der Waals surface area contributed by atoms with Gasteiger partial charge in [0.2, 0.25) is 5.91 Å². The Hall–Kier alpha value is -2.83. The van der Waals surface area contributed by atoms with Crippen molar-refractivity contribution in [3.63, 3.8) is 0 Å². The quantitative estimate of drug-likeness (QED) is 0.589. The van der Waals surface area contributed by atoms with Crippen LogP contribution < -0.4 is 10.6 Å². The van der Waals surface area contributed by atoms with Gasteiger partial charge in [-0.2, -0.15) is 5.10 Å². The molecule has 2 heterocycles. The van der Waals surface area contributed by atoms with Crippen LogP contribution >= 0.6 is 0 Å². The molecule has 7 heteroatoms. The van der Waals surface area contributed by atoms with Crippen molar-refractivity contribution in [3.05, 3.63) is 48.3 Å². The van der Waals surface area contributed by atoms with E-state index in [-0.39, 0.29) is 12.0 Å². The number of aromatic nitrogens is 2. The van der Waals surface area contributed by atoms with E-state index in [1.807, 2.05) is 52.3 Å². The Balaban J connectivity index is 1.25. The molecule has 4 rings (SSSR count). The second-order valence-corrected chi connectivity index (χ2v) is 8.30. The van der Waals surface area contributed by atoms with Crippen molar-refractivity contribution in [2.75, 3.05) is 20.1 Å². The van der Waals surface area contributed by atoms with Gasteiger partial charge >= 0.3 is 0 Å². The molecule has 1 atom stereocenters. The highest BCUT2D eigenvalue weighted by Crippen LogP contribution is 2.26. The Morgan fingerprint density at radius 2 is 1.97 bits per heavy atom. The van der Waals surface area contributed by atoms with E-state index < -0.39 is 0 Å². The number of carbonyl (C=O) groups excluding carboxylic acids is 1. The molecule has 7 nitrogen and oxygen atoms in total. The van der Waals surface area contributed by atoms with Crippen LogP contribution in [0.5, 0.6) is 0 Å². The summed E-state index contributed by atoms with van der Waals surface area (Å²) in [4.78, 5) is 19.2. The van der Waals surface area contributed by atoms with Gasteiger partial charge in [0.25, 0.3) is 0 Å². The lowest BCUT2D eigenvalue weighted by atomic mass is 9.88. The molecule has 0 radical (unpaired) electrons. The summed E-state index contributed by atoms with van der Waals surface area (Å²) in [5.41, 5.74) is 2.13. The second-order valence-electron chi connectivity index (χ2n) is 8.30. The maximum atomic E-state index is 12.8. The van der Waals surface area contributed by atoms with Crippen molar-refractivity contribution in [1.29, 1.82) is 0 Å². The van der Waals surface area contributed by atoms with E-state index in [0.717, 1.165) is 49.6 Å². The van der Waals surface area contributed by atoms with E-state index in [4.69, 9.17) is 0 Å². The molecule has 1 aromatic carbocycles. The van der Waals surface area contributed by atoms with Crippen LogP contribution in [0.25, 0.3) is 5.69 Å². The molecule has 1 saturated heterocycles. The van der Waals surface area contributed by atoms with Crippen LogP contribution in [0.15, 0.2) is 47.7 Å². The number of nitrogens with one attached hydrogen (secondary N) is 2. The lowest BCUT2D eigenvalue weighted by molar-refractivity contribution is -0.135. The van der Waals surface area contributed by atoms with E-state index in [1.54, 1.807) is 7.05 Å². The summed E-state index contributed by atoms with van der Waals surface area (Å²) >= 11 is 0. The fourth-order valence-electron chi connectivity index (χ4n) is 4.43. The minimum atomic E-state index is 0.246. The number of rotatable bonds is 5. The smallest absolute Gasteiger partial charge is 0.225 e. The van der Waals surface area contributed by atoms with E-state index >= 15 is 0 Å². The number of carbonyl (C=O) groups is 1. The summed E-state index contributed by atoms with van der Waals surface area (Å²) < 4.78 is 1.87. The molecule has 30 heavy (non-hydrogen) atoms. The first-order valence-corrected chi connectivity index (χ1v) is 11.1. The van der Waals surface area contributed by atoms with E-state index in [0.29, 0.717) is 12.5 Å². The molecule has 0 bridgehead atoms. The first-order chi connectivity index (χ1) is 14.7. The number of benzene rings is 1. The third-order valence-electron chi connectivity index (χ3n) is 6.14. The maximum Gasteiger partial charge on any atom is 0.225 e. The van der Waals surface area contributed by atoms with Gasteiger partial charge in [-0.1, -0.05) is 37.5 Å². The summed E-state index contributed by atoms with van der Waals surface area (Å²) in [6, 6.07) is 10.3. The average Bonchev–Trinajstić information content (AvgIpc) is 3.47. The number of likely N-dealkylation sites (tertiary alicyclic amines) is 1. The zero-order chi connectivity index (χ0) is 20.8. The predicted molar refractivity (Wildman–Crippen MR) is 118 cm³/mol. The SMILES string of the molecule is CN=C(NCc1cnn(-c2ccccc2)c1)NC1CCN(C(=O)C2CCCCC2)C1. The van der Waals surface area contributed by atoms with Gasteiger partial charge in [0.15, 0.2) is 5.96 Å². The van der Waals surface area contributed by atoms with Gasteiger partial charge in [0.1, 0.15) is 0 Å². The molecular weight excluding hydrogens is 376 g/mol. The fraction of sp³-hybridized carbons (Fsp3) is 0.522. The van der Waals surface area contributed by atoms with Gasteiger partial charge in [-0.05, 0) is 31.4 Å². The van der Waals surface area contributed by atoms with Crippen molar-refractivity contribution < 1.29 is 4.79 Å². The van der Waals surface area contributed by atoms with Crippen LogP contribution in [0.4, 0.5) is 0 Å². The van der Waals surface area contributed by atoms with Gasteiger partial charge in [-0.15, -0.1) is 0 Å². The molecule has 1 unspecified atom stereocenters. The standard InChI is InChI=1S/C23H32N6O/c1-24-23(25-14-18-15-26-29(16-18)21-10-6-3-7-11-21)27-20-12-13-28(17-20)22(30)19-8-4-2-5-9-19/h3,6-7,10-11,15-16,19-20H,2,4-5,8-9,12-14,17H2,1H3,(H2,24,25,27). The van der Waals surface area contributed by atoms with Crippen molar-refractivity contribution in [2.24, 2.45) is 10.9 Å². The fourth-order valence-corrected chi connectivity index (χ4v) is 4.43. The molecular formula is C23H32N6O. The first-order valence-electron chi connectivity index (χ1n) is 11.1. The van der Waals surface area contributed by atoms with Crippen LogP contribution in [-0.4, -0.2) is 52.7 Å². The zero-order valence-electron chi connectivity index (χ0n) is 17.8. The molecule has 2 aromatic rings. The number of aliphatic imine (C=N–C) groups is 1. The van der Waals surface area contributed by atoms with E-state index in [2.05, 4.69) is 20.7 Å². The number of para-hydroxylation sites is 1. The van der Waals surface area contributed by atoms with Gasteiger partial charge in [0, 0.05) is 50.4 Å². The number of nitrogens with zero attached hydrogens (tertiary/aromatic N) is 4. The topological polar surface area (TPSA) is 74.6 Å². The summed E-state index contributed by atoms with van der Waals surface area (Å²) in [5.74, 6) is 1.37. The Bertz CT molecular complexity index is 856. The summed E-state index contributed by atoms with van der Waals surface area (Å²) in [6.45, 7) is 2.25. The van der Waals surface area contributed by atoms with Gasteiger partial charge in [-0.25, -0.2) is 4.68 Å². The first kappa shape index (κ1) is 20.4. The average molecular weight is 409 g/mol. The van der Waals surface area contributed by atoms with Crippen LogP contribution in [0, 0.1) is 5.92 Å². The van der Waals surface area contributed by atoms with E-state index in [1.165, 1.54) is 19.3 Å². The number of hydrogen-bond acceptors (Lipinski definition) is 3. The van der Waals surface area contributed by atoms with Crippen LogP contribution in [-0.2, 0) is 11.3 Å². The number of hydrogen-bond donors (Lipinski definition) is 2. The van der Waals surface area contributed by atoms with Crippen molar-refractivity contribution in [1.82, 2.24) is 25.3 Å². The highest BCUT2D eigenvalue weighted by molar-refractivity contribution is 5.81. The van der Waals surface area contributed by atoms with E-state index in [9.17, 15) is 4.79 Å². The summed E-state index contributed by atoms with van der Waals surface area (Å²) in [5, 5.41) is 11.3. The second kappa shape index (κ2) is 9.78. The summed E-state index contributed by atoms with van der Waals surface area (Å²) in [7, 11) is 1.78. The molecule has 1 aliphatic heterocycles. The van der Waals surface area contributed by atoms with Crippen molar-refractivity contribution in [2.45, 2.75) is 51.1 Å². The molecule has 2 aliphatic rings. The minimum Gasteiger partial charge on any atom is -0.352 e. The summed E-state index contributed by atoms with van der Waals surface area (Å²) in [6.07, 6.45) is 10.7. The monoisotopic (exact) mass is 408 g/mol. The van der Waals surface area contributed by atoms with Crippen LogP contribution in [0.3, 0.4) is 0 Å². The molecule has 160 valence electrons. The molecule has 1 aromatic heterocycles. The predicted octanol–water partition coefficient (Wildman–Crippen LogP) is 2.72. The van der Waals surface area contributed by atoms with Crippen molar-refractivity contribution in [3.8, 4) is 5.69 Å². The molecule has 2 fully saturated rings. The van der Waals surface area contributed by atoms with Crippen molar-refractivity contribution >= 4 is 11.9 Å². The van der Waals surface area contributed by atoms with Gasteiger partial charge < -0.3 is 15.5 Å². The third-order valence-corrected chi connectivity index (χ3v) is 6.14.